The number of nitrogens with zero attached hydrogens (tertiary/aromatic N) is 3. The molecule has 0 aliphatic heterocycles. The molecule has 0 spiro atoms. The maximum atomic E-state index is 11.7. The largest absolute Gasteiger partial charge is 0.398 e. The number of benzene rings is 2. The number of primary amides is 1. The lowest BCUT2D eigenvalue weighted by Gasteiger charge is -2.12. The van der Waals surface area contributed by atoms with E-state index in [9.17, 15) is 4.79 Å². The Morgan fingerprint density at radius 1 is 1.17 bits per heavy atom. The Labute approximate surface area is 138 Å². The summed E-state index contributed by atoms with van der Waals surface area (Å²) < 4.78 is 1.66. The zero-order valence-electron chi connectivity index (χ0n) is 12.8. The molecule has 118 valence electrons. The number of anilines is 1. The topological polar surface area (TPSA) is 111 Å². The van der Waals surface area contributed by atoms with Gasteiger partial charge in [0.1, 0.15) is 6.07 Å². The molecular weight excluding hydrogens is 302 g/mol. The molecule has 0 unspecified atom stereocenters. The number of hydrogen-bond acceptors (Lipinski definition) is 4. The van der Waals surface area contributed by atoms with Crippen LogP contribution in [0.5, 0.6) is 0 Å². The van der Waals surface area contributed by atoms with Gasteiger partial charge in [-0.05, 0) is 35.4 Å². The summed E-state index contributed by atoms with van der Waals surface area (Å²) in [6.07, 6.45) is 1.73. The van der Waals surface area contributed by atoms with Crippen molar-refractivity contribution in [3.05, 3.63) is 71.5 Å². The van der Waals surface area contributed by atoms with Gasteiger partial charge >= 0.3 is 0 Å². The van der Waals surface area contributed by atoms with E-state index in [0.29, 0.717) is 29.1 Å². The van der Waals surface area contributed by atoms with Crippen LogP contribution in [0, 0.1) is 11.3 Å². The minimum atomic E-state index is -0.509. The monoisotopic (exact) mass is 317 g/mol. The summed E-state index contributed by atoms with van der Waals surface area (Å²) in [5.41, 5.74) is 15.2. The third kappa shape index (κ3) is 2.96. The van der Waals surface area contributed by atoms with Crippen LogP contribution in [-0.4, -0.2) is 15.7 Å². The van der Waals surface area contributed by atoms with Gasteiger partial charge in [0.15, 0.2) is 5.69 Å². The molecule has 0 saturated heterocycles. The first kappa shape index (κ1) is 15.3. The minimum Gasteiger partial charge on any atom is -0.398 e. The molecule has 0 aliphatic carbocycles. The standard InChI is InChI=1S/C18H15N5O/c19-10-13-7-8-23(22-13)11-12-5-6-15(18(21)24)16(9-12)14-3-1-2-4-17(14)20/h1-9H,11,20H2,(H2,21,24). The molecule has 1 amide bonds. The fourth-order valence-electron chi connectivity index (χ4n) is 2.57. The fraction of sp³-hybridized carbons (Fsp3) is 0.0556. The molecule has 0 atom stereocenters. The number of para-hydroxylation sites is 1. The summed E-state index contributed by atoms with van der Waals surface area (Å²) in [5.74, 6) is -0.509. The van der Waals surface area contributed by atoms with Gasteiger partial charge in [-0.3, -0.25) is 9.48 Å². The molecule has 3 aromatic rings. The lowest BCUT2D eigenvalue weighted by molar-refractivity contribution is 0.100. The van der Waals surface area contributed by atoms with E-state index in [2.05, 4.69) is 5.10 Å². The number of rotatable bonds is 4. The molecule has 3 rings (SSSR count). The molecule has 6 nitrogen and oxygen atoms in total. The Hall–Kier alpha value is -3.59. The van der Waals surface area contributed by atoms with E-state index < -0.39 is 5.91 Å². The van der Waals surface area contributed by atoms with E-state index in [-0.39, 0.29) is 0 Å². The lowest BCUT2D eigenvalue weighted by Crippen LogP contribution is -2.13. The molecule has 0 saturated carbocycles. The van der Waals surface area contributed by atoms with E-state index >= 15 is 0 Å². The van der Waals surface area contributed by atoms with Crippen LogP contribution in [0.1, 0.15) is 21.6 Å². The molecule has 1 heterocycles. The van der Waals surface area contributed by atoms with Gasteiger partial charge in [0.25, 0.3) is 0 Å². The molecule has 0 fully saturated rings. The number of nitrogen functional groups attached to an aromatic ring is 1. The first-order chi connectivity index (χ1) is 11.6. The highest BCUT2D eigenvalue weighted by Crippen LogP contribution is 2.29. The number of nitriles is 1. The molecule has 6 heteroatoms. The third-order valence-corrected chi connectivity index (χ3v) is 3.70. The lowest BCUT2D eigenvalue weighted by atomic mass is 9.95. The van der Waals surface area contributed by atoms with Gasteiger partial charge in [-0.1, -0.05) is 24.3 Å². The van der Waals surface area contributed by atoms with Crippen LogP contribution in [0.3, 0.4) is 0 Å². The van der Waals surface area contributed by atoms with Crippen molar-refractivity contribution in [2.75, 3.05) is 5.73 Å². The van der Waals surface area contributed by atoms with Crippen molar-refractivity contribution in [1.29, 1.82) is 5.26 Å². The van der Waals surface area contributed by atoms with Gasteiger partial charge < -0.3 is 11.5 Å². The molecule has 24 heavy (non-hydrogen) atoms. The summed E-state index contributed by atoms with van der Waals surface area (Å²) in [6.45, 7) is 0.473. The number of hydrogen-bond donors (Lipinski definition) is 2. The van der Waals surface area contributed by atoms with Crippen LogP contribution < -0.4 is 11.5 Å². The maximum Gasteiger partial charge on any atom is 0.249 e. The molecule has 4 N–H and O–H groups in total. The number of carbonyl (C=O) groups is 1. The summed E-state index contributed by atoms with van der Waals surface area (Å²) in [4.78, 5) is 11.7. The van der Waals surface area contributed by atoms with Crippen molar-refractivity contribution >= 4 is 11.6 Å². The first-order valence-electron chi connectivity index (χ1n) is 7.29. The van der Waals surface area contributed by atoms with E-state index in [4.69, 9.17) is 16.7 Å². The molecule has 1 aromatic heterocycles. The Morgan fingerprint density at radius 2 is 1.96 bits per heavy atom. The fourth-order valence-corrected chi connectivity index (χ4v) is 2.57. The smallest absolute Gasteiger partial charge is 0.249 e. The van der Waals surface area contributed by atoms with Crippen LogP contribution >= 0.6 is 0 Å². The second kappa shape index (κ2) is 6.26. The SMILES string of the molecule is N#Cc1ccn(Cc2ccc(C(N)=O)c(-c3ccccc3N)c2)n1. The zero-order valence-corrected chi connectivity index (χ0v) is 12.8. The predicted molar refractivity (Wildman–Crippen MR) is 90.9 cm³/mol. The van der Waals surface area contributed by atoms with Crippen LogP contribution in [0.15, 0.2) is 54.7 Å². The van der Waals surface area contributed by atoms with Gasteiger partial charge in [0.05, 0.1) is 6.54 Å². The van der Waals surface area contributed by atoms with Gasteiger partial charge in [-0.15, -0.1) is 0 Å². The Kier molecular flexibility index (Phi) is 4.00. The molecule has 0 radical (unpaired) electrons. The molecule has 2 aromatic carbocycles. The van der Waals surface area contributed by atoms with Crippen molar-refractivity contribution in [3.63, 3.8) is 0 Å². The van der Waals surface area contributed by atoms with Crippen molar-refractivity contribution < 1.29 is 4.79 Å². The first-order valence-corrected chi connectivity index (χ1v) is 7.29. The van der Waals surface area contributed by atoms with E-state index in [1.807, 2.05) is 36.4 Å². The van der Waals surface area contributed by atoms with E-state index in [0.717, 1.165) is 11.1 Å². The third-order valence-electron chi connectivity index (χ3n) is 3.70. The van der Waals surface area contributed by atoms with E-state index in [1.165, 1.54) is 0 Å². The van der Waals surface area contributed by atoms with Gasteiger partial charge in [-0.2, -0.15) is 10.4 Å². The van der Waals surface area contributed by atoms with Crippen LogP contribution in [0.4, 0.5) is 5.69 Å². The quantitative estimate of drug-likeness (QED) is 0.718. The van der Waals surface area contributed by atoms with Crippen molar-refractivity contribution in [1.82, 2.24) is 9.78 Å². The van der Waals surface area contributed by atoms with Gasteiger partial charge in [0.2, 0.25) is 5.91 Å². The highest BCUT2D eigenvalue weighted by molar-refractivity contribution is 6.01. The molecule has 0 aliphatic rings. The van der Waals surface area contributed by atoms with Gasteiger partial charge in [0, 0.05) is 23.0 Å². The van der Waals surface area contributed by atoms with E-state index in [1.54, 1.807) is 29.1 Å². The van der Waals surface area contributed by atoms with Crippen LogP contribution in [0.25, 0.3) is 11.1 Å². The number of amides is 1. The van der Waals surface area contributed by atoms with Crippen LogP contribution in [0.2, 0.25) is 0 Å². The van der Waals surface area contributed by atoms with Gasteiger partial charge in [-0.25, -0.2) is 0 Å². The maximum absolute atomic E-state index is 11.7. The average molecular weight is 317 g/mol. The summed E-state index contributed by atoms with van der Waals surface area (Å²) in [6, 6.07) is 16.3. The molecular formula is C18H15N5O. The number of aromatic nitrogens is 2. The summed E-state index contributed by atoms with van der Waals surface area (Å²) in [5, 5.41) is 13.0. The van der Waals surface area contributed by atoms with Crippen molar-refractivity contribution in [2.24, 2.45) is 5.73 Å². The molecule has 0 bridgehead atoms. The Balaban J connectivity index is 2.04. The Bertz CT molecular complexity index is 952. The number of carbonyl (C=O) groups excluding carboxylic acids is 1. The highest BCUT2D eigenvalue weighted by atomic mass is 16.1. The van der Waals surface area contributed by atoms with Crippen molar-refractivity contribution in [3.8, 4) is 17.2 Å². The highest BCUT2D eigenvalue weighted by Gasteiger charge is 2.13. The normalized spacial score (nSPS) is 10.3. The zero-order chi connectivity index (χ0) is 17.1. The van der Waals surface area contributed by atoms with Crippen molar-refractivity contribution in [2.45, 2.75) is 6.54 Å². The summed E-state index contributed by atoms with van der Waals surface area (Å²) in [7, 11) is 0. The van der Waals surface area contributed by atoms with Crippen LogP contribution in [-0.2, 0) is 6.54 Å². The second-order valence-corrected chi connectivity index (χ2v) is 5.34. The number of nitrogens with two attached hydrogens (primary N) is 2. The predicted octanol–water partition coefficient (Wildman–Crippen LogP) is 2.15. The summed E-state index contributed by atoms with van der Waals surface area (Å²) >= 11 is 0. The Morgan fingerprint density at radius 3 is 2.62 bits per heavy atom. The minimum absolute atomic E-state index is 0.358. The second-order valence-electron chi connectivity index (χ2n) is 5.34. The average Bonchev–Trinajstić information content (AvgIpc) is 3.02.